The zero-order valence-corrected chi connectivity index (χ0v) is 17.2. The maximum Gasteiger partial charge on any atom is 0.522 e. The molecule has 0 aromatic heterocycles. The van der Waals surface area contributed by atoms with E-state index in [1.165, 1.54) is 0 Å². The molecule has 23 heavy (non-hydrogen) atoms. The van der Waals surface area contributed by atoms with Gasteiger partial charge in [0.1, 0.15) is 0 Å². The Morgan fingerprint density at radius 3 is 1.52 bits per heavy atom. The second-order valence-corrected chi connectivity index (χ2v) is 14.2. The molecule has 0 fully saturated rings. The van der Waals surface area contributed by atoms with Crippen molar-refractivity contribution in [3.63, 3.8) is 0 Å². The van der Waals surface area contributed by atoms with Crippen LogP contribution in [0.2, 0.25) is 16.1 Å². The minimum Gasteiger partial charge on any atom is -0.307 e. The maximum atomic E-state index is 13.0. The molecule has 2 unspecified atom stereocenters. The highest BCUT2D eigenvalue weighted by molar-refractivity contribution is 7.88. The number of rotatable bonds is 8. The van der Waals surface area contributed by atoms with Crippen LogP contribution in [0.4, 0.5) is 13.2 Å². The Morgan fingerprint density at radius 1 is 0.957 bits per heavy atom. The summed E-state index contributed by atoms with van der Waals surface area (Å²) in [4.78, 5) is 0. The van der Waals surface area contributed by atoms with Crippen LogP contribution in [0.1, 0.15) is 68.2 Å². The Labute approximate surface area is 140 Å². The van der Waals surface area contributed by atoms with Gasteiger partial charge in [0.05, 0.1) is 0 Å². The number of halogens is 3. The van der Waals surface area contributed by atoms with E-state index in [9.17, 15) is 21.6 Å². The molecule has 140 valence electrons. The third-order valence-electron chi connectivity index (χ3n) is 5.67. The van der Waals surface area contributed by atoms with Gasteiger partial charge in [0.2, 0.25) is 8.32 Å². The molecular weight excluding hydrogens is 345 g/mol. The Bertz CT molecular complexity index is 477. The fraction of sp³-hybridized carbons (Fsp3) is 1.00. The lowest BCUT2D eigenvalue weighted by atomic mass is 9.99. The molecule has 0 aliphatic carbocycles. The number of hydrogen-bond acceptors (Lipinski definition) is 3. The number of hydrogen-bond donors (Lipinski definition) is 0. The summed E-state index contributed by atoms with van der Waals surface area (Å²) in [5, 5.41) is -0.629. The molecule has 0 bridgehead atoms. The fourth-order valence-corrected chi connectivity index (χ4v) is 12.9. The molecule has 0 radical (unpaired) electrons. The Kier molecular flexibility index (Phi) is 7.41. The highest BCUT2D eigenvalue weighted by atomic mass is 32.2. The van der Waals surface area contributed by atoms with E-state index in [2.05, 4.69) is 0 Å². The minimum absolute atomic E-state index is 0.000556. The van der Waals surface area contributed by atoms with E-state index in [4.69, 9.17) is 3.87 Å². The molecule has 0 heterocycles. The van der Waals surface area contributed by atoms with Gasteiger partial charge in [0.25, 0.3) is 0 Å². The molecular formula is C15H31F3O3SSi. The summed E-state index contributed by atoms with van der Waals surface area (Å²) in [7, 11) is -8.97. The van der Waals surface area contributed by atoms with E-state index >= 15 is 0 Å². The Morgan fingerprint density at radius 2 is 1.30 bits per heavy atom. The summed E-state index contributed by atoms with van der Waals surface area (Å²) in [5.74, 6) is 0.000556. The lowest BCUT2D eigenvalue weighted by molar-refractivity contribution is -0.0508. The summed E-state index contributed by atoms with van der Waals surface area (Å²) in [6.07, 6.45) is 1.17. The first-order valence-electron chi connectivity index (χ1n) is 8.13. The van der Waals surface area contributed by atoms with E-state index in [1.807, 2.05) is 55.4 Å². The van der Waals surface area contributed by atoms with Crippen molar-refractivity contribution < 1.29 is 25.5 Å². The topological polar surface area (TPSA) is 43.4 Å². The van der Waals surface area contributed by atoms with Gasteiger partial charge in [0, 0.05) is 0 Å². The molecule has 8 heteroatoms. The summed E-state index contributed by atoms with van der Waals surface area (Å²) in [6.45, 7) is 14.9. The third-order valence-corrected chi connectivity index (χ3v) is 14.6. The molecule has 0 aliphatic rings. The van der Waals surface area contributed by atoms with E-state index in [1.54, 1.807) is 0 Å². The summed E-state index contributed by atoms with van der Waals surface area (Å²) in [5.41, 5.74) is -5.82. The van der Waals surface area contributed by atoms with Crippen molar-refractivity contribution in [2.24, 2.45) is 5.92 Å². The van der Waals surface area contributed by atoms with Gasteiger partial charge in [-0.05, 0) is 22.0 Å². The van der Waals surface area contributed by atoms with Crippen LogP contribution in [-0.4, -0.2) is 22.2 Å². The second-order valence-electron chi connectivity index (χ2n) is 7.27. The molecule has 0 saturated carbocycles. The summed E-state index contributed by atoms with van der Waals surface area (Å²) >= 11 is 0. The first kappa shape index (κ1) is 22.9. The van der Waals surface area contributed by atoms with Crippen LogP contribution in [0, 0.1) is 5.92 Å². The largest absolute Gasteiger partial charge is 0.522 e. The van der Waals surface area contributed by atoms with Gasteiger partial charge in [-0.3, -0.25) is 0 Å². The average molecular weight is 377 g/mol. The molecule has 0 aromatic carbocycles. The maximum absolute atomic E-state index is 13.0. The van der Waals surface area contributed by atoms with Crippen LogP contribution in [0.3, 0.4) is 0 Å². The zero-order valence-electron chi connectivity index (χ0n) is 15.4. The van der Waals surface area contributed by atoms with Crippen LogP contribution in [-0.2, 0) is 14.0 Å². The van der Waals surface area contributed by atoms with Crippen molar-refractivity contribution in [3.8, 4) is 0 Å². The smallest absolute Gasteiger partial charge is 0.307 e. The van der Waals surface area contributed by atoms with E-state index in [-0.39, 0.29) is 17.0 Å². The van der Waals surface area contributed by atoms with Crippen molar-refractivity contribution in [2.45, 2.75) is 89.9 Å². The predicted molar refractivity (Wildman–Crippen MR) is 90.1 cm³/mol. The summed E-state index contributed by atoms with van der Waals surface area (Å²) < 4.78 is 67.9. The molecule has 0 N–H and O–H groups in total. The highest BCUT2D eigenvalue weighted by Gasteiger charge is 2.63. The van der Waals surface area contributed by atoms with Gasteiger partial charge >= 0.3 is 15.6 Å². The standard InChI is InChI=1S/C15H31F3O3SSi/c1-9-12(5)23(13(6)10-2,14(7,8)11(3)4)21-22(19,20)15(16,17)18/h11-13H,9-10H2,1-8H3. The SMILES string of the molecule is CCC(C)[Si](OS(=O)(=O)C(F)(F)F)(C(C)CC)C(C)(C)C(C)C. The van der Waals surface area contributed by atoms with Crippen molar-refractivity contribution in [3.05, 3.63) is 0 Å². The first-order valence-corrected chi connectivity index (χ1v) is 11.6. The summed E-state index contributed by atoms with van der Waals surface area (Å²) in [6, 6.07) is 0. The van der Waals surface area contributed by atoms with E-state index in [0.717, 1.165) is 0 Å². The van der Waals surface area contributed by atoms with Crippen molar-refractivity contribution in [1.82, 2.24) is 0 Å². The average Bonchev–Trinajstić information content (AvgIpc) is 2.41. The predicted octanol–water partition coefficient (Wildman–Crippen LogP) is 5.83. The van der Waals surface area contributed by atoms with Crippen LogP contribution < -0.4 is 0 Å². The lowest BCUT2D eigenvalue weighted by Gasteiger charge is -2.52. The molecule has 0 amide bonds. The lowest BCUT2D eigenvalue weighted by Crippen LogP contribution is -2.58. The van der Waals surface area contributed by atoms with E-state index in [0.29, 0.717) is 12.8 Å². The Balaban J connectivity index is 6.50. The van der Waals surface area contributed by atoms with Crippen LogP contribution >= 0.6 is 0 Å². The molecule has 0 spiro atoms. The monoisotopic (exact) mass is 376 g/mol. The highest BCUT2D eigenvalue weighted by Crippen LogP contribution is 2.58. The third kappa shape index (κ3) is 4.12. The molecule has 0 aliphatic heterocycles. The molecule has 0 aromatic rings. The molecule has 2 atom stereocenters. The van der Waals surface area contributed by atoms with Gasteiger partial charge in [-0.15, -0.1) is 0 Å². The fourth-order valence-electron chi connectivity index (χ4n) is 3.31. The van der Waals surface area contributed by atoms with E-state index < -0.39 is 29.0 Å². The first-order chi connectivity index (χ1) is 10.1. The molecule has 0 rings (SSSR count). The Hall–Kier alpha value is -0.0831. The van der Waals surface area contributed by atoms with Crippen molar-refractivity contribution in [1.29, 1.82) is 0 Å². The van der Waals surface area contributed by atoms with Crippen LogP contribution in [0.25, 0.3) is 0 Å². The quantitative estimate of drug-likeness (QED) is 0.395. The van der Waals surface area contributed by atoms with Gasteiger partial charge in [0.15, 0.2) is 0 Å². The van der Waals surface area contributed by atoms with Crippen molar-refractivity contribution >= 4 is 18.4 Å². The van der Waals surface area contributed by atoms with Crippen LogP contribution in [0.5, 0.6) is 0 Å². The number of alkyl halides is 3. The van der Waals surface area contributed by atoms with Gasteiger partial charge in [-0.25, -0.2) is 0 Å². The molecule has 0 saturated heterocycles. The van der Waals surface area contributed by atoms with Crippen molar-refractivity contribution in [2.75, 3.05) is 0 Å². The molecule has 3 nitrogen and oxygen atoms in total. The van der Waals surface area contributed by atoms with Crippen LogP contribution in [0.15, 0.2) is 0 Å². The minimum atomic E-state index is -5.62. The zero-order chi connectivity index (χ0) is 18.9. The normalized spacial score (nSPS) is 19.5. The van der Waals surface area contributed by atoms with Gasteiger partial charge in [-0.1, -0.05) is 68.2 Å². The second kappa shape index (κ2) is 7.43. The van der Waals surface area contributed by atoms with Gasteiger partial charge in [-0.2, -0.15) is 21.6 Å². The van der Waals surface area contributed by atoms with Gasteiger partial charge < -0.3 is 3.87 Å².